The Hall–Kier alpha value is -2.34. The molecule has 0 radical (unpaired) electrons. The van der Waals surface area contributed by atoms with Gasteiger partial charge < -0.3 is 18.9 Å². The molecule has 6 nitrogen and oxygen atoms in total. The molecule has 0 fully saturated rings. The highest BCUT2D eigenvalue weighted by molar-refractivity contribution is 5.95. The second-order valence-electron chi connectivity index (χ2n) is 6.58. The van der Waals surface area contributed by atoms with E-state index in [1.54, 1.807) is 7.11 Å². The molecular weight excluding hydrogens is 360 g/mol. The van der Waals surface area contributed by atoms with Gasteiger partial charge in [-0.3, -0.25) is 9.59 Å². The maximum Gasteiger partial charge on any atom is 0.320 e. The van der Waals surface area contributed by atoms with Crippen molar-refractivity contribution in [3.05, 3.63) is 42.0 Å². The zero-order valence-corrected chi connectivity index (χ0v) is 17.5. The normalized spacial score (nSPS) is 13.4. The number of methoxy groups -OCH3 is 3. The Morgan fingerprint density at radius 1 is 1.00 bits per heavy atom. The fourth-order valence-electron chi connectivity index (χ4n) is 2.82. The maximum atomic E-state index is 12.1. The third kappa shape index (κ3) is 7.72. The van der Waals surface area contributed by atoms with Crippen LogP contribution < -0.4 is 4.74 Å². The van der Waals surface area contributed by atoms with Crippen molar-refractivity contribution in [1.82, 2.24) is 0 Å². The highest BCUT2D eigenvalue weighted by atomic mass is 16.5. The van der Waals surface area contributed by atoms with Crippen LogP contribution in [-0.2, 0) is 30.4 Å². The van der Waals surface area contributed by atoms with Crippen molar-refractivity contribution in [3.63, 3.8) is 0 Å². The van der Waals surface area contributed by atoms with Crippen molar-refractivity contribution >= 4 is 11.9 Å². The number of rotatable bonds is 12. The lowest BCUT2D eigenvalue weighted by Crippen LogP contribution is -2.33. The fourth-order valence-corrected chi connectivity index (χ4v) is 2.82. The van der Waals surface area contributed by atoms with E-state index >= 15 is 0 Å². The molecule has 0 saturated carbocycles. The van der Waals surface area contributed by atoms with E-state index < -0.39 is 17.9 Å². The second-order valence-corrected chi connectivity index (χ2v) is 6.58. The lowest BCUT2D eigenvalue weighted by Gasteiger charge is -2.21. The molecule has 0 spiro atoms. The van der Waals surface area contributed by atoms with Crippen LogP contribution in [0, 0.1) is 11.8 Å². The molecule has 6 heteroatoms. The van der Waals surface area contributed by atoms with Crippen LogP contribution in [0.25, 0.3) is 0 Å². The first kappa shape index (κ1) is 23.7. The Morgan fingerprint density at radius 3 is 2.11 bits per heavy atom. The second kappa shape index (κ2) is 12.9. The molecule has 28 heavy (non-hydrogen) atoms. The summed E-state index contributed by atoms with van der Waals surface area (Å²) >= 11 is 0. The SMILES string of the molecule is CCCC[C@@H](/C=C/[C@@H](C)OCc1ccc(OC)cc1)C(C(=O)OC)C(=O)OC. The van der Waals surface area contributed by atoms with Crippen molar-refractivity contribution in [2.24, 2.45) is 11.8 Å². The quantitative estimate of drug-likeness (QED) is 0.305. The number of benzene rings is 1. The first-order valence-electron chi connectivity index (χ1n) is 9.55. The predicted octanol–water partition coefficient (Wildman–Crippen LogP) is 3.93. The van der Waals surface area contributed by atoms with Gasteiger partial charge in [0.1, 0.15) is 5.75 Å². The lowest BCUT2D eigenvalue weighted by molar-refractivity contribution is -0.160. The number of carbonyl (C=O) groups is 2. The van der Waals surface area contributed by atoms with Gasteiger partial charge >= 0.3 is 11.9 Å². The summed E-state index contributed by atoms with van der Waals surface area (Å²) in [6, 6.07) is 7.67. The Kier molecular flexibility index (Phi) is 11.0. The molecule has 0 unspecified atom stereocenters. The summed E-state index contributed by atoms with van der Waals surface area (Å²) in [4.78, 5) is 24.3. The van der Waals surface area contributed by atoms with Crippen molar-refractivity contribution in [1.29, 1.82) is 0 Å². The molecule has 0 aromatic heterocycles. The highest BCUT2D eigenvalue weighted by Crippen LogP contribution is 2.24. The summed E-state index contributed by atoms with van der Waals surface area (Å²) in [6.45, 7) is 4.43. The first-order valence-corrected chi connectivity index (χ1v) is 9.55. The van der Waals surface area contributed by atoms with E-state index in [9.17, 15) is 9.59 Å². The van der Waals surface area contributed by atoms with E-state index in [2.05, 4.69) is 6.92 Å². The molecule has 0 heterocycles. The van der Waals surface area contributed by atoms with Crippen LogP contribution in [-0.4, -0.2) is 39.4 Å². The molecule has 0 aliphatic carbocycles. The minimum absolute atomic E-state index is 0.179. The van der Waals surface area contributed by atoms with E-state index in [-0.39, 0.29) is 12.0 Å². The molecule has 1 aromatic carbocycles. The van der Waals surface area contributed by atoms with E-state index in [1.807, 2.05) is 43.3 Å². The Balaban J connectivity index is 2.77. The summed E-state index contributed by atoms with van der Waals surface area (Å²) in [5, 5.41) is 0. The average molecular weight is 392 g/mol. The third-order valence-corrected chi connectivity index (χ3v) is 4.53. The minimum Gasteiger partial charge on any atom is -0.497 e. The van der Waals surface area contributed by atoms with Gasteiger partial charge in [0, 0.05) is 5.92 Å². The summed E-state index contributed by atoms with van der Waals surface area (Å²) in [7, 11) is 4.18. The van der Waals surface area contributed by atoms with Gasteiger partial charge in [0.25, 0.3) is 0 Å². The van der Waals surface area contributed by atoms with Crippen LogP contribution in [0.3, 0.4) is 0 Å². The zero-order chi connectivity index (χ0) is 20.9. The topological polar surface area (TPSA) is 71.1 Å². The van der Waals surface area contributed by atoms with Gasteiger partial charge in [-0.1, -0.05) is 44.1 Å². The average Bonchev–Trinajstić information content (AvgIpc) is 2.73. The summed E-state index contributed by atoms with van der Waals surface area (Å²) in [5.41, 5.74) is 1.03. The molecule has 0 aliphatic heterocycles. The maximum absolute atomic E-state index is 12.1. The zero-order valence-electron chi connectivity index (χ0n) is 17.5. The fraction of sp³-hybridized carbons (Fsp3) is 0.545. The van der Waals surface area contributed by atoms with Crippen molar-refractivity contribution in [3.8, 4) is 5.75 Å². The van der Waals surface area contributed by atoms with Gasteiger partial charge in [-0.2, -0.15) is 0 Å². The number of hydrogen-bond acceptors (Lipinski definition) is 6. The van der Waals surface area contributed by atoms with Crippen LogP contribution in [0.1, 0.15) is 38.7 Å². The number of carbonyl (C=O) groups excluding carboxylic acids is 2. The van der Waals surface area contributed by atoms with E-state index in [4.69, 9.17) is 18.9 Å². The Morgan fingerprint density at radius 2 is 1.61 bits per heavy atom. The molecule has 0 amide bonds. The van der Waals surface area contributed by atoms with Gasteiger partial charge in [0.15, 0.2) is 5.92 Å². The third-order valence-electron chi connectivity index (χ3n) is 4.53. The molecule has 1 aromatic rings. The standard InChI is InChI=1S/C22H32O6/c1-6-7-8-18(20(21(23)26-4)22(24)27-5)12-9-16(2)28-15-17-10-13-19(25-3)14-11-17/h9-14,16,18,20H,6-8,15H2,1-5H3/b12-9+/t16-,18+/m1/s1. The van der Waals surface area contributed by atoms with Gasteiger partial charge in [-0.25, -0.2) is 0 Å². The van der Waals surface area contributed by atoms with E-state index in [0.29, 0.717) is 13.0 Å². The number of allylic oxidation sites excluding steroid dienone is 1. The molecule has 156 valence electrons. The molecular formula is C22H32O6. The van der Waals surface area contributed by atoms with Gasteiger partial charge in [-0.05, 0) is 31.0 Å². The van der Waals surface area contributed by atoms with Gasteiger partial charge in [-0.15, -0.1) is 0 Å². The minimum atomic E-state index is -0.966. The van der Waals surface area contributed by atoms with Crippen LogP contribution >= 0.6 is 0 Å². The van der Waals surface area contributed by atoms with Gasteiger partial charge in [0.05, 0.1) is 34.0 Å². The summed E-state index contributed by atoms with van der Waals surface area (Å²) in [6.07, 6.45) is 6.11. The summed E-state index contributed by atoms with van der Waals surface area (Å²) in [5.74, 6) is -1.63. The van der Waals surface area contributed by atoms with Crippen LogP contribution in [0.4, 0.5) is 0 Å². The number of ether oxygens (including phenoxy) is 4. The van der Waals surface area contributed by atoms with Crippen molar-refractivity contribution in [2.45, 2.75) is 45.8 Å². The van der Waals surface area contributed by atoms with Crippen molar-refractivity contribution < 1.29 is 28.5 Å². The molecule has 2 atom stereocenters. The predicted molar refractivity (Wildman–Crippen MR) is 107 cm³/mol. The van der Waals surface area contributed by atoms with Crippen LogP contribution in [0.2, 0.25) is 0 Å². The Labute approximate surface area is 167 Å². The Bertz CT molecular complexity index is 606. The number of unbranched alkanes of at least 4 members (excludes halogenated alkanes) is 1. The largest absolute Gasteiger partial charge is 0.497 e. The molecule has 0 bridgehead atoms. The summed E-state index contributed by atoms with van der Waals surface area (Å²) < 4.78 is 20.6. The highest BCUT2D eigenvalue weighted by Gasteiger charge is 2.35. The number of hydrogen-bond donors (Lipinski definition) is 0. The molecule has 0 saturated heterocycles. The monoisotopic (exact) mass is 392 g/mol. The first-order chi connectivity index (χ1) is 13.5. The van der Waals surface area contributed by atoms with E-state index in [1.165, 1.54) is 14.2 Å². The van der Waals surface area contributed by atoms with Gasteiger partial charge in [0.2, 0.25) is 0 Å². The molecule has 1 rings (SSSR count). The molecule has 0 N–H and O–H groups in total. The smallest absolute Gasteiger partial charge is 0.320 e. The van der Waals surface area contributed by atoms with Crippen LogP contribution in [0.15, 0.2) is 36.4 Å². The lowest BCUT2D eigenvalue weighted by atomic mass is 9.87. The number of esters is 2. The van der Waals surface area contributed by atoms with Crippen LogP contribution in [0.5, 0.6) is 5.75 Å². The molecule has 0 aliphatic rings. The van der Waals surface area contributed by atoms with Crippen molar-refractivity contribution in [2.75, 3.05) is 21.3 Å². The van der Waals surface area contributed by atoms with E-state index in [0.717, 1.165) is 24.2 Å².